The number of hydrogen-bond acceptors (Lipinski definition) is 3. The Bertz CT molecular complexity index is 617. The van der Waals surface area contributed by atoms with Crippen molar-refractivity contribution in [2.75, 3.05) is 18.2 Å². The lowest BCUT2D eigenvalue weighted by molar-refractivity contribution is 0.417. The molecule has 0 saturated heterocycles. The number of nitrogen functional groups attached to an aromatic ring is 1. The summed E-state index contributed by atoms with van der Waals surface area (Å²) in [6, 6.07) is 6.08. The van der Waals surface area contributed by atoms with Crippen molar-refractivity contribution < 1.29 is 17.9 Å². The summed E-state index contributed by atoms with van der Waals surface area (Å²) in [4.78, 5) is 0. The van der Waals surface area contributed by atoms with Crippen LogP contribution in [0.25, 0.3) is 0 Å². The Morgan fingerprint density at radius 3 is 2.53 bits per heavy atom. The number of methoxy groups -OCH3 is 1. The van der Waals surface area contributed by atoms with Gasteiger partial charge in [-0.25, -0.2) is 13.2 Å². The van der Waals surface area contributed by atoms with E-state index in [0.29, 0.717) is 17.5 Å². The lowest BCUT2D eigenvalue weighted by Crippen LogP contribution is -2.02. The summed E-state index contributed by atoms with van der Waals surface area (Å²) in [7, 11) is 1.43. The van der Waals surface area contributed by atoms with Gasteiger partial charge in [0.05, 0.1) is 24.2 Å². The van der Waals surface area contributed by atoms with Crippen molar-refractivity contribution in [2.45, 2.75) is 0 Å². The molecule has 3 N–H and O–H groups in total. The third-order valence-electron chi connectivity index (χ3n) is 2.55. The van der Waals surface area contributed by atoms with E-state index in [-0.39, 0.29) is 11.4 Å². The zero-order valence-electron chi connectivity index (χ0n) is 10.0. The summed E-state index contributed by atoms with van der Waals surface area (Å²) in [6.45, 7) is 0. The number of hydrogen-bond donors (Lipinski definition) is 2. The molecule has 0 spiro atoms. The number of nitrogens with two attached hydrogens (primary N) is 1. The maximum atomic E-state index is 13.5. The van der Waals surface area contributed by atoms with Crippen LogP contribution in [0.1, 0.15) is 0 Å². The van der Waals surface area contributed by atoms with Gasteiger partial charge in [0.15, 0.2) is 11.6 Å². The van der Waals surface area contributed by atoms with Gasteiger partial charge in [0.2, 0.25) is 0 Å². The van der Waals surface area contributed by atoms with Crippen LogP contribution in [-0.2, 0) is 0 Å². The smallest absolute Gasteiger partial charge is 0.182 e. The molecule has 0 aromatic heterocycles. The van der Waals surface area contributed by atoms with E-state index >= 15 is 0 Å². The lowest BCUT2D eigenvalue weighted by Gasteiger charge is -2.13. The fourth-order valence-electron chi connectivity index (χ4n) is 1.62. The summed E-state index contributed by atoms with van der Waals surface area (Å²) < 4.78 is 44.6. The predicted molar refractivity (Wildman–Crippen MR) is 67.0 cm³/mol. The van der Waals surface area contributed by atoms with E-state index in [9.17, 15) is 13.2 Å². The number of ether oxygens (including phenoxy) is 1. The van der Waals surface area contributed by atoms with E-state index in [4.69, 9.17) is 10.5 Å². The summed E-state index contributed by atoms with van der Waals surface area (Å²) >= 11 is 0. The molecule has 2 aromatic carbocycles. The minimum absolute atomic E-state index is 0.217. The van der Waals surface area contributed by atoms with Crippen molar-refractivity contribution in [3.05, 3.63) is 47.8 Å². The van der Waals surface area contributed by atoms with Crippen LogP contribution in [0.4, 0.5) is 30.2 Å². The van der Waals surface area contributed by atoms with Gasteiger partial charge < -0.3 is 15.8 Å². The molecular weight excluding hydrogens is 257 g/mol. The Kier molecular flexibility index (Phi) is 3.50. The van der Waals surface area contributed by atoms with Crippen molar-refractivity contribution in [1.82, 2.24) is 0 Å². The molecule has 2 rings (SSSR count). The molecule has 2 aromatic rings. The molecule has 0 atom stereocenters. The van der Waals surface area contributed by atoms with Crippen molar-refractivity contribution in [3.63, 3.8) is 0 Å². The molecule has 6 heteroatoms. The van der Waals surface area contributed by atoms with Crippen LogP contribution >= 0.6 is 0 Å². The molecule has 0 radical (unpaired) electrons. The second-order valence-corrected chi connectivity index (χ2v) is 3.80. The number of rotatable bonds is 3. The monoisotopic (exact) mass is 268 g/mol. The van der Waals surface area contributed by atoms with E-state index in [1.54, 1.807) is 18.2 Å². The molecule has 0 unspecified atom stereocenters. The molecule has 0 bridgehead atoms. The first-order valence-electron chi connectivity index (χ1n) is 5.37. The highest BCUT2D eigenvalue weighted by molar-refractivity contribution is 5.77. The first-order valence-corrected chi connectivity index (χ1v) is 5.37. The van der Waals surface area contributed by atoms with Crippen LogP contribution in [0.15, 0.2) is 30.3 Å². The van der Waals surface area contributed by atoms with Gasteiger partial charge in [-0.15, -0.1) is 0 Å². The minimum atomic E-state index is -1.27. The second-order valence-electron chi connectivity index (χ2n) is 3.80. The zero-order valence-corrected chi connectivity index (χ0v) is 10.0. The van der Waals surface area contributed by atoms with Gasteiger partial charge in [-0.05, 0) is 12.1 Å². The molecule has 0 heterocycles. The molecular formula is C13H11F3N2O. The summed E-state index contributed by atoms with van der Waals surface area (Å²) in [5, 5.41) is 2.54. The first kappa shape index (κ1) is 13.1. The average molecular weight is 268 g/mol. The molecule has 0 aliphatic carbocycles. The summed E-state index contributed by atoms with van der Waals surface area (Å²) in [5.74, 6) is -2.96. The van der Waals surface area contributed by atoms with Crippen molar-refractivity contribution >= 4 is 17.1 Å². The lowest BCUT2D eigenvalue weighted by atomic mass is 10.2. The van der Waals surface area contributed by atoms with E-state index in [1.165, 1.54) is 7.11 Å². The molecule has 0 fully saturated rings. The maximum absolute atomic E-state index is 13.5. The van der Waals surface area contributed by atoms with Gasteiger partial charge in [0.1, 0.15) is 11.6 Å². The van der Waals surface area contributed by atoms with Crippen LogP contribution in [-0.4, -0.2) is 7.11 Å². The Morgan fingerprint density at radius 1 is 1.11 bits per heavy atom. The third-order valence-corrected chi connectivity index (χ3v) is 2.55. The Balaban J connectivity index is 2.42. The Hall–Kier alpha value is -2.37. The second kappa shape index (κ2) is 5.09. The predicted octanol–water partition coefficient (Wildman–Crippen LogP) is 3.44. The molecule has 100 valence electrons. The van der Waals surface area contributed by atoms with E-state index in [1.807, 2.05) is 0 Å². The topological polar surface area (TPSA) is 47.3 Å². The number of halogens is 3. The molecule has 0 aliphatic heterocycles. The quantitative estimate of drug-likeness (QED) is 0.662. The van der Waals surface area contributed by atoms with Gasteiger partial charge in [0, 0.05) is 12.1 Å². The van der Waals surface area contributed by atoms with Crippen LogP contribution in [0, 0.1) is 17.5 Å². The Labute approximate surface area is 107 Å². The van der Waals surface area contributed by atoms with Crippen LogP contribution in [0.5, 0.6) is 5.75 Å². The molecule has 0 aliphatic rings. The Morgan fingerprint density at radius 2 is 1.84 bits per heavy atom. The maximum Gasteiger partial charge on any atom is 0.182 e. The first-order chi connectivity index (χ1) is 9.02. The number of anilines is 3. The van der Waals surface area contributed by atoms with Gasteiger partial charge >= 0.3 is 0 Å². The number of nitrogens with one attached hydrogen (secondary N) is 1. The SMILES string of the molecule is COc1cccc(Nc2cc(F)cc(F)c2F)c1N. The van der Waals surface area contributed by atoms with Crippen molar-refractivity contribution in [2.24, 2.45) is 0 Å². The van der Waals surface area contributed by atoms with Gasteiger partial charge in [-0.1, -0.05) is 6.07 Å². The minimum Gasteiger partial charge on any atom is -0.495 e. The normalized spacial score (nSPS) is 10.3. The molecule has 19 heavy (non-hydrogen) atoms. The summed E-state index contributed by atoms with van der Waals surface area (Å²) in [6.07, 6.45) is 0. The summed E-state index contributed by atoms with van der Waals surface area (Å²) in [5.41, 5.74) is 5.95. The van der Waals surface area contributed by atoms with Crippen LogP contribution in [0.2, 0.25) is 0 Å². The third kappa shape index (κ3) is 2.57. The molecule has 0 saturated carbocycles. The zero-order chi connectivity index (χ0) is 14.0. The van der Waals surface area contributed by atoms with Gasteiger partial charge in [-0.2, -0.15) is 0 Å². The number of para-hydroxylation sites is 1. The van der Waals surface area contributed by atoms with E-state index < -0.39 is 17.5 Å². The highest BCUT2D eigenvalue weighted by Crippen LogP contribution is 2.32. The van der Waals surface area contributed by atoms with Crippen molar-refractivity contribution in [1.29, 1.82) is 0 Å². The van der Waals surface area contributed by atoms with Crippen LogP contribution in [0.3, 0.4) is 0 Å². The average Bonchev–Trinajstić information content (AvgIpc) is 2.37. The fourth-order valence-corrected chi connectivity index (χ4v) is 1.62. The number of benzene rings is 2. The van der Waals surface area contributed by atoms with Crippen LogP contribution < -0.4 is 15.8 Å². The molecule has 0 amide bonds. The van der Waals surface area contributed by atoms with Gasteiger partial charge in [0.25, 0.3) is 0 Å². The highest BCUT2D eigenvalue weighted by Gasteiger charge is 2.13. The largest absolute Gasteiger partial charge is 0.495 e. The van der Waals surface area contributed by atoms with Gasteiger partial charge in [-0.3, -0.25) is 0 Å². The van der Waals surface area contributed by atoms with E-state index in [2.05, 4.69) is 5.32 Å². The highest BCUT2D eigenvalue weighted by atomic mass is 19.2. The standard InChI is InChI=1S/C13H11F3N2O/c1-19-11-4-2-3-9(13(11)17)18-10-6-7(14)5-8(15)12(10)16/h2-6,18H,17H2,1H3. The fraction of sp³-hybridized carbons (Fsp3) is 0.0769. The molecule has 3 nitrogen and oxygen atoms in total. The van der Waals surface area contributed by atoms with Crippen molar-refractivity contribution in [3.8, 4) is 5.75 Å². The van der Waals surface area contributed by atoms with E-state index in [0.717, 1.165) is 6.07 Å².